The van der Waals surface area contributed by atoms with E-state index in [2.05, 4.69) is 17.4 Å². The number of ether oxygens (including phenoxy) is 1. The Labute approximate surface area is 140 Å². The Morgan fingerprint density at radius 2 is 1.88 bits per heavy atom. The van der Waals surface area contributed by atoms with Gasteiger partial charge in [0, 0.05) is 0 Å². The van der Waals surface area contributed by atoms with Crippen molar-refractivity contribution in [1.29, 1.82) is 0 Å². The number of hydrogen-bond acceptors (Lipinski definition) is 1. The van der Waals surface area contributed by atoms with Crippen LogP contribution in [0.3, 0.4) is 0 Å². The molecule has 132 valence electrons. The van der Waals surface area contributed by atoms with Gasteiger partial charge in [-0.3, -0.25) is 0 Å². The lowest BCUT2D eigenvalue weighted by Gasteiger charge is -2.28. The Hall–Kier alpha value is -1.78. The molecule has 2 rings (SSSR count). The molecule has 1 aliphatic rings. The third kappa shape index (κ3) is 5.69. The zero-order chi connectivity index (χ0) is 17.6. The van der Waals surface area contributed by atoms with Crippen molar-refractivity contribution in [2.45, 2.75) is 50.8 Å². The summed E-state index contributed by atoms with van der Waals surface area (Å²) in [6.45, 7) is 3.63. The predicted molar refractivity (Wildman–Crippen MR) is 86.4 cm³/mol. The molecule has 1 aliphatic carbocycles. The van der Waals surface area contributed by atoms with E-state index in [-0.39, 0.29) is 5.92 Å². The first kappa shape index (κ1) is 18.6. The van der Waals surface area contributed by atoms with Crippen LogP contribution in [0.1, 0.15) is 50.0 Å². The van der Waals surface area contributed by atoms with Gasteiger partial charge in [0.25, 0.3) is 0 Å². The molecule has 0 atom stereocenters. The van der Waals surface area contributed by atoms with Gasteiger partial charge in [0.2, 0.25) is 0 Å². The third-order valence-corrected chi connectivity index (χ3v) is 4.51. The summed E-state index contributed by atoms with van der Waals surface area (Å²) in [5.41, 5.74) is 0.757. The van der Waals surface area contributed by atoms with E-state index < -0.39 is 17.9 Å². The van der Waals surface area contributed by atoms with E-state index in [4.69, 9.17) is 0 Å². The minimum absolute atomic E-state index is 0.208. The fourth-order valence-corrected chi connectivity index (χ4v) is 3.29. The minimum atomic E-state index is -4.87. The van der Waals surface area contributed by atoms with Crippen LogP contribution in [-0.4, -0.2) is 6.36 Å². The molecular weight excluding hydrogens is 320 g/mol. The first-order valence-corrected chi connectivity index (χ1v) is 8.22. The van der Waals surface area contributed by atoms with Gasteiger partial charge in [-0.1, -0.05) is 30.9 Å². The summed E-state index contributed by atoms with van der Waals surface area (Å²) < 4.78 is 54.0. The summed E-state index contributed by atoms with van der Waals surface area (Å²) in [5.74, 6) is -0.858. The molecule has 5 heteroatoms. The van der Waals surface area contributed by atoms with Crippen LogP contribution < -0.4 is 4.74 Å². The highest BCUT2D eigenvalue weighted by Crippen LogP contribution is 2.39. The zero-order valence-electron chi connectivity index (χ0n) is 13.5. The Morgan fingerprint density at radius 3 is 2.46 bits per heavy atom. The van der Waals surface area contributed by atoms with E-state index in [1.54, 1.807) is 12.1 Å². The molecule has 1 saturated carbocycles. The molecule has 0 unspecified atom stereocenters. The Morgan fingerprint density at radius 1 is 1.17 bits per heavy atom. The van der Waals surface area contributed by atoms with Crippen LogP contribution in [0.2, 0.25) is 0 Å². The number of allylic oxidation sites excluding steroid dienone is 3. The summed E-state index contributed by atoms with van der Waals surface area (Å²) in [5, 5.41) is 0. The molecule has 0 N–H and O–H groups in total. The highest BCUT2D eigenvalue weighted by molar-refractivity contribution is 5.31. The standard InChI is InChI=1S/C19H22F4O/c1-2-3-4-5-6-14-7-9-15(10-8-14)16-11-12-18(17(20)13-16)24-19(21,22)23/h2-4,11-15H,1,5-10H2. The molecule has 1 nitrogen and oxygen atoms in total. The number of alkyl halides is 3. The van der Waals surface area contributed by atoms with Gasteiger partial charge in [0.1, 0.15) is 0 Å². The smallest absolute Gasteiger partial charge is 0.403 e. The van der Waals surface area contributed by atoms with E-state index in [1.807, 2.05) is 6.08 Å². The first-order chi connectivity index (χ1) is 11.4. The monoisotopic (exact) mass is 342 g/mol. The fourth-order valence-electron chi connectivity index (χ4n) is 3.29. The number of rotatable bonds is 6. The van der Waals surface area contributed by atoms with Gasteiger partial charge in [-0.05, 0) is 68.1 Å². The lowest BCUT2D eigenvalue weighted by Crippen LogP contribution is -2.18. The topological polar surface area (TPSA) is 9.23 Å². The average molecular weight is 342 g/mol. The quantitative estimate of drug-likeness (QED) is 0.422. The first-order valence-electron chi connectivity index (χ1n) is 8.22. The molecule has 0 amide bonds. The highest BCUT2D eigenvalue weighted by Gasteiger charge is 2.32. The van der Waals surface area contributed by atoms with E-state index in [9.17, 15) is 17.6 Å². The molecule has 0 bridgehead atoms. The van der Waals surface area contributed by atoms with Gasteiger partial charge in [0.15, 0.2) is 11.6 Å². The number of hydrogen-bond donors (Lipinski definition) is 0. The van der Waals surface area contributed by atoms with Crippen molar-refractivity contribution in [3.63, 3.8) is 0 Å². The highest BCUT2D eigenvalue weighted by atomic mass is 19.4. The average Bonchev–Trinajstić information content (AvgIpc) is 2.53. The molecule has 0 aromatic heterocycles. The second-order valence-corrected chi connectivity index (χ2v) is 6.20. The summed E-state index contributed by atoms with van der Waals surface area (Å²) >= 11 is 0. The van der Waals surface area contributed by atoms with Crippen LogP contribution >= 0.6 is 0 Å². The second kappa shape index (κ2) is 8.36. The molecule has 1 fully saturated rings. The number of halogens is 4. The summed E-state index contributed by atoms with van der Waals surface area (Å²) in [7, 11) is 0. The van der Waals surface area contributed by atoms with Crippen molar-refractivity contribution in [3.8, 4) is 5.75 Å². The second-order valence-electron chi connectivity index (χ2n) is 6.20. The maximum absolute atomic E-state index is 13.8. The summed E-state index contributed by atoms with van der Waals surface area (Å²) in [6, 6.07) is 3.80. The van der Waals surface area contributed by atoms with E-state index in [0.717, 1.165) is 50.2 Å². The Kier molecular flexibility index (Phi) is 6.46. The van der Waals surface area contributed by atoms with Crippen molar-refractivity contribution < 1.29 is 22.3 Å². The lowest BCUT2D eigenvalue weighted by molar-refractivity contribution is -0.275. The minimum Gasteiger partial charge on any atom is -0.403 e. The van der Waals surface area contributed by atoms with Gasteiger partial charge >= 0.3 is 6.36 Å². The predicted octanol–water partition coefficient (Wildman–Crippen LogP) is 6.52. The van der Waals surface area contributed by atoms with Crippen molar-refractivity contribution in [1.82, 2.24) is 0 Å². The maximum Gasteiger partial charge on any atom is 0.573 e. The normalized spacial score (nSPS) is 21.8. The van der Waals surface area contributed by atoms with Crippen molar-refractivity contribution >= 4 is 0 Å². The van der Waals surface area contributed by atoms with Crippen LogP contribution in [-0.2, 0) is 0 Å². The molecule has 24 heavy (non-hydrogen) atoms. The molecule has 0 saturated heterocycles. The Balaban J connectivity index is 1.89. The summed E-state index contributed by atoms with van der Waals surface area (Å²) in [4.78, 5) is 0. The zero-order valence-corrected chi connectivity index (χ0v) is 13.5. The lowest BCUT2D eigenvalue weighted by atomic mass is 9.77. The van der Waals surface area contributed by atoms with E-state index in [0.29, 0.717) is 5.92 Å². The van der Waals surface area contributed by atoms with Crippen molar-refractivity contribution in [3.05, 3.63) is 54.4 Å². The maximum atomic E-state index is 13.8. The SMILES string of the molecule is C=CC=CCCC1CCC(c2ccc(OC(F)(F)F)c(F)c2)CC1. The van der Waals surface area contributed by atoms with Crippen LogP contribution in [0, 0.1) is 11.7 Å². The van der Waals surface area contributed by atoms with Gasteiger partial charge in [-0.2, -0.15) is 0 Å². The van der Waals surface area contributed by atoms with Gasteiger partial charge in [0.05, 0.1) is 0 Å². The van der Waals surface area contributed by atoms with Gasteiger partial charge < -0.3 is 4.74 Å². The van der Waals surface area contributed by atoms with Crippen molar-refractivity contribution in [2.24, 2.45) is 5.92 Å². The summed E-state index contributed by atoms with van der Waals surface area (Å²) in [6.07, 6.45) is 7.10. The van der Waals surface area contributed by atoms with E-state index in [1.165, 1.54) is 6.07 Å². The van der Waals surface area contributed by atoms with Crippen LogP contribution in [0.4, 0.5) is 17.6 Å². The van der Waals surface area contributed by atoms with Gasteiger partial charge in [-0.25, -0.2) is 4.39 Å². The fraction of sp³-hybridized carbons (Fsp3) is 0.474. The Bertz CT molecular complexity index is 569. The molecule has 0 heterocycles. The van der Waals surface area contributed by atoms with Crippen molar-refractivity contribution in [2.75, 3.05) is 0 Å². The van der Waals surface area contributed by atoms with Crippen LogP contribution in [0.15, 0.2) is 43.0 Å². The third-order valence-electron chi connectivity index (χ3n) is 4.51. The molecular formula is C19H22F4O. The largest absolute Gasteiger partial charge is 0.573 e. The number of benzene rings is 1. The molecule has 1 aromatic rings. The van der Waals surface area contributed by atoms with Gasteiger partial charge in [-0.15, -0.1) is 13.2 Å². The van der Waals surface area contributed by atoms with Crippen LogP contribution in [0.5, 0.6) is 5.75 Å². The molecule has 0 radical (unpaired) electrons. The van der Waals surface area contributed by atoms with E-state index >= 15 is 0 Å². The molecule has 0 aliphatic heterocycles. The van der Waals surface area contributed by atoms with Crippen LogP contribution in [0.25, 0.3) is 0 Å². The molecule has 1 aromatic carbocycles. The molecule has 0 spiro atoms.